The molecular weight excluding hydrogens is 256 g/mol. The van der Waals surface area contributed by atoms with Gasteiger partial charge in [0, 0.05) is 19.4 Å². The summed E-state index contributed by atoms with van der Waals surface area (Å²) >= 11 is 0. The molecule has 3 N–H and O–H groups in total. The Kier molecular flexibility index (Phi) is 6.99. The molecule has 1 fully saturated rings. The first-order valence-electron chi connectivity index (χ1n) is 7.58. The van der Waals surface area contributed by atoms with Gasteiger partial charge >= 0.3 is 5.97 Å². The summed E-state index contributed by atoms with van der Waals surface area (Å²) in [5.41, 5.74) is -0.0412. The number of amides is 1. The Morgan fingerprint density at radius 1 is 1.25 bits per heavy atom. The lowest BCUT2D eigenvalue weighted by atomic mass is 9.84. The van der Waals surface area contributed by atoms with Crippen molar-refractivity contribution >= 4 is 11.9 Å². The zero-order valence-electron chi connectivity index (χ0n) is 12.7. The van der Waals surface area contributed by atoms with Gasteiger partial charge in [-0.05, 0) is 50.1 Å². The Morgan fingerprint density at radius 2 is 1.90 bits per heavy atom. The summed E-state index contributed by atoms with van der Waals surface area (Å²) in [6.07, 6.45) is 4.44. The third-order valence-electron chi connectivity index (χ3n) is 4.07. The summed E-state index contributed by atoms with van der Waals surface area (Å²) in [5.74, 6) is -0.116. The molecule has 1 rings (SSSR count). The Hall–Kier alpha value is -1.10. The van der Waals surface area contributed by atoms with Crippen LogP contribution in [-0.2, 0) is 9.59 Å². The Morgan fingerprint density at radius 3 is 2.50 bits per heavy atom. The molecule has 1 aliphatic rings. The third kappa shape index (κ3) is 7.48. The molecule has 0 unspecified atom stereocenters. The molecule has 1 amide bonds. The first-order valence-corrected chi connectivity index (χ1v) is 7.58. The summed E-state index contributed by atoms with van der Waals surface area (Å²) < 4.78 is 0. The summed E-state index contributed by atoms with van der Waals surface area (Å²) in [6, 6.07) is 0. The lowest BCUT2D eigenvalue weighted by Crippen LogP contribution is -2.33. The first-order chi connectivity index (χ1) is 9.39. The van der Waals surface area contributed by atoms with Crippen molar-refractivity contribution in [2.75, 3.05) is 19.6 Å². The molecule has 20 heavy (non-hydrogen) atoms. The number of carboxylic acid groups (broad SMARTS) is 1. The van der Waals surface area contributed by atoms with Gasteiger partial charge in [-0.25, -0.2) is 0 Å². The van der Waals surface area contributed by atoms with Gasteiger partial charge in [-0.2, -0.15) is 0 Å². The SMILES string of the molecule is CC(C)(CCNC(=O)CC1CCNCC1)CCC(=O)O. The molecule has 0 bridgehead atoms. The van der Waals surface area contributed by atoms with Crippen molar-refractivity contribution < 1.29 is 14.7 Å². The molecule has 5 heteroatoms. The zero-order valence-corrected chi connectivity index (χ0v) is 12.7. The van der Waals surface area contributed by atoms with E-state index >= 15 is 0 Å². The van der Waals surface area contributed by atoms with Crippen LogP contribution >= 0.6 is 0 Å². The second-order valence-corrected chi connectivity index (χ2v) is 6.56. The van der Waals surface area contributed by atoms with Gasteiger partial charge in [0.15, 0.2) is 0 Å². The topological polar surface area (TPSA) is 78.4 Å². The van der Waals surface area contributed by atoms with Gasteiger partial charge in [0.05, 0.1) is 0 Å². The Labute approximate surface area is 121 Å². The highest BCUT2D eigenvalue weighted by atomic mass is 16.4. The van der Waals surface area contributed by atoms with Gasteiger partial charge in [0.25, 0.3) is 0 Å². The average molecular weight is 284 g/mol. The zero-order chi connectivity index (χ0) is 15.0. The fourth-order valence-corrected chi connectivity index (χ4v) is 2.53. The van der Waals surface area contributed by atoms with Gasteiger partial charge in [-0.15, -0.1) is 0 Å². The van der Waals surface area contributed by atoms with Crippen LogP contribution in [0.3, 0.4) is 0 Å². The normalized spacial score (nSPS) is 16.9. The number of rotatable bonds is 8. The number of carbonyl (C=O) groups is 2. The smallest absolute Gasteiger partial charge is 0.303 e. The highest BCUT2D eigenvalue weighted by molar-refractivity contribution is 5.76. The molecular formula is C15H28N2O3. The van der Waals surface area contributed by atoms with Gasteiger partial charge < -0.3 is 15.7 Å². The van der Waals surface area contributed by atoms with Crippen LogP contribution in [0.1, 0.15) is 52.4 Å². The number of hydrogen-bond donors (Lipinski definition) is 3. The van der Waals surface area contributed by atoms with Gasteiger partial charge in [0.2, 0.25) is 5.91 Å². The molecule has 0 atom stereocenters. The van der Waals surface area contributed by atoms with Crippen molar-refractivity contribution in [3.63, 3.8) is 0 Å². The second kappa shape index (κ2) is 8.25. The molecule has 0 aromatic rings. The minimum atomic E-state index is -0.756. The molecule has 5 nitrogen and oxygen atoms in total. The summed E-state index contributed by atoms with van der Waals surface area (Å²) in [5, 5.41) is 15.0. The molecule has 0 aliphatic carbocycles. The third-order valence-corrected chi connectivity index (χ3v) is 4.07. The number of hydrogen-bond acceptors (Lipinski definition) is 3. The maximum Gasteiger partial charge on any atom is 0.303 e. The van der Waals surface area contributed by atoms with Crippen molar-refractivity contribution in [3.8, 4) is 0 Å². The van der Waals surface area contributed by atoms with Crippen molar-refractivity contribution in [3.05, 3.63) is 0 Å². The lowest BCUT2D eigenvalue weighted by molar-refractivity contribution is -0.137. The Bertz CT molecular complexity index is 323. The molecule has 0 saturated carbocycles. The van der Waals surface area contributed by atoms with E-state index in [1.54, 1.807) is 0 Å². The van der Waals surface area contributed by atoms with Crippen LogP contribution < -0.4 is 10.6 Å². The van der Waals surface area contributed by atoms with Crippen LogP contribution in [-0.4, -0.2) is 36.6 Å². The van der Waals surface area contributed by atoms with E-state index < -0.39 is 5.97 Å². The van der Waals surface area contributed by atoms with Crippen LogP contribution in [0.25, 0.3) is 0 Å². The number of piperidine rings is 1. The average Bonchev–Trinajstić information content (AvgIpc) is 2.37. The lowest BCUT2D eigenvalue weighted by Gasteiger charge is -2.25. The van der Waals surface area contributed by atoms with E-state index in [1.165, 1.54) is 0 Å². The quantitative estimate of drug-likeness (QED) is 0.635. The predicted octanol–water partition coefficient (Wildman–Crippen LogP) is 1.77. The Balaban J connectivity index is 2.15. The van der Waals surface area contributed by atoms with Crippen molar-refractivity contribution in [2.24, 2.45) is 11.3 Å². The minimum Gasteiger partial charge on any atom is -0.481 e. The number of nitrogens with one attached hydrogen (secondary N) is 2. The van der Waals surface area contributed by atoms with Crippen LogP contribution in [0.2, 0.25) is 0 Å². The molecule has 1 saturated heterocycles. The summed E-state index contributed by atoms with van der Waals surface area (Å²) in [6.45, 7) is 6.76. The van der Waals surface area contributed by atoms with Crippen LogP contribution in [0.4, 0.5) is 0 Å². The van der Waals surface area contributed by atoms with Crippen molar-refractivity contribution in [1.82, 2.24) is 10.6 Å². The van der Waals surface area contributed by atoms with E-state index in [-0.39, 0.29) is 17.7 Å². The van der Waals surface area contributed by atoms with Crippen molar-refractivity contribution in [1.29, 1.82) is 0 Å². The van der Waals surface area contributed by atoms with E-state index in [4.69, 9.17) is 5.11 Å². The minimum absolute atomic E-state index is 0.0412. The largest absolute Gasteiger partial charge is 0.481 e. The van der Waals surface area contributed by atoms with E-state index in [0.29, 0.717) is 25.3 Å². The van der Waals surface area contributed by atoms with E-state index in [1.807, 2.05) is 0 Å². The molecule has 1 aliphatic heterocycles. The summed E-state index contributed by atoms with van der Waals surface area (Å²) in [7, 11) is 0. The monoisotopic (exact) mass is 284 g/mol. The molecule has 116 valence electrons. The number of aliphatic carboxylic acids is 1. The highest BCUT2D eigenvalue weighted by Gasteiger charge is 2.20. The molecule has 0 radical (unpaired) electrons. The number of carboxylic acids is 1. The second-order valence-electron chi connectivity index (χ2n) is 6.56. The summed E-state index contributed by atoms with van der Waals surface area (Å²) in [4.78, 5) is 22.4. The van der Waals surface area contributed by atoms with E-state index in [9.17, 15) is 9.59 Å². The van der Waals surface area contributed by atoms with E-state index in [2.05, 4.69) is 24.5 Å². The van der Waals surface area contributed by atoms with Gasteiger partial charge in [0.1, 0.15) is 0 Å². The standard InChI is InChI=1S/C15H28N2O3/c1-15(2,6-3-14(19)20)7-10-17-13(18)11-12-4-8-16-9-5-12/h12,16H,3-11H2,1-2H3,(H,17,18)(H,19,20). The molecule has 0 aromatic heterocycles. The van der Waals surface area contributed by atoms with Crippen molar-refractivity contribution in [2.45, 2.75) is 52.4 Å². The van der Waals surface area contributed by atoms with Crippen LogP contribution in [0.15, 0.2) is 0 Å². The van der Waals surface area contributed by atoms with Crippen LogP contribution in [0.5, 0.6) is 0 Å². The van der Waals surface area contributed by atoms with E-state index in [0.717, 1.165) is 32.4 Å². The fourth-order valence-electron chi connectivity index (χ4n) is 2.53. The van der Waals surface area contributed by atoms with Gasteiger partial charge in [-0.1, -0.05) is 13.8 Å². The fraction of sp³-hybridized carbons (Fsp3) is 0.867. The maximum atomic E-state index is 11.8. The van der Waals surface area contributed by atoms with Gasteiger partial charge in [-0.3, -0.25) is 9.59 Å². The predicted molar refractivity (Wildman–Crippen MR) is 78.5 cm³/mol. The highest BCUT2D eigenvalue weighted by Crippen LogP contribution is 2.26. The maximum absolute atomic E-state index is 11.8. The molecule has 0 spiro atoms. The first kappa shape index (κ1) is 17.0. The molecule has 0 aromatic carbocycles. The molecule has 1 heterocycles. The number of carbonyl (C=O) groups excluding carboxylic acids is 1. The van der Waals surface area contributed by atoms with Crippen LogP contribution in [0, 0.1) is 11.3 Å².